The summed E-state index contributed by atoms with van der Waals surface area (Å²) in [7, 11) is 0. The quantitative estimate of drug-likeness (QED) is 0.589. The molecule has 0 heterocycles. The molecule has 5 nitrogen and oxygen atoms in total. The van der Waals surface area contributed by atoms with Crippen LogP contribution in [-0.4, -0.2) is 28.6 Å². The van der Waals surface area contributed by atoms with Crippen LogP contribution in [0.4, 0.5) is 0 Å². The van der Waals surface area contributed by atoms with Crippen molar-refractivity contribution >= 4 is 11.9 Å². The summed E-state index contributed by atoms with van der Waals surface area (Å²) in [6, 6.07) is -0.0475. The lowest BCUT2D eigenvalue weighted by Crippen LogP contribution is -2.49. The van der Waals surface area contributed by atoms with Crippen molar-refractivity contribution in [1.29, 1.82) is 0 Å². The van der Waals surface area contributed by atoms with Crippen molar-refractivity contribution in [2.45, 2.75) is 45.2 Å². The van der Waals surface area contributed by atoms with Crippen LogP contribution in [0.3, 0.4) is 0 Å². The number of carboxylic acid groups (broad SMARTS) is 1. The molecule has 0 saturated heterocycles. The van der Waals surface area contributed by atoms with Crippen molar-refractivity contribution < 1.29 is 14.7 Å². The summed E-state index contributed by atoms with van der Waals surface area (Å²) in [5.41, 5.74) is 4.25. The molecule has 0 rings (SSSR count). The molecular weight excluding hydrogens is 184 g/mol. The van der Waals surface area contributed by atoms with Crippen molar-refractivity contribution in [2.24, 2.45) is 5.73 Å². The first-order valence-electron chi connectivity index (χ1n) is 4.55. The van der Waals surface area contributed by atoms with Gasteiger partial charge >= 0.3 is 5.97 Å². The highest BCUT2D eigenvalue weighted by atomic mass is 16.4. The van der Waals surface area contributed by atoms with Gasteiger partial charge in [0.2, 0.25) is 5.91 Å². The van der Waals surface area contributed by atoms with Crippen molar-refractivity contribution in [3.05, 3.63) is 0 Å². The minimum Gasteiger partial charge on any atom is -0.480 e. The molecule has 0 aliphatic carbocycles. The standard InChI is InChI=1S/C9H18N2O3/c1-6(10)4-5-7(12)11-9(2,3)8(13)14/h6H,4-5,10H2,1-3H3,(H,11,12)(H,13,14). The molecule has 0 aliphatic heterocycles. The lowest BCUT2D eigenvalue weighted by atomic mass is 10.1. The average molecular weight is 202 g/mol. The summed E-state index contributed by atoms with van der Waals surface area (Å²) in [6.45, 7) is 4.69. The monoisotopic (exact) mass is 202 g/mol. The predicted molar refractivity (Wildman–Crippen MR) is 52.7 cm³/mol. The van der Waals surface area contributed by atoms with Gasteiger partial charge in [-0.15, -0.1) is 0 Å². The van der Waals surface area contributed by atoms with Gasteiger partial charge in [-0.05, 0) is 27.2 Å². The fraction of sp³-hybridized carbons (Fsp3) is 0.778. The number of nitrogens with one attached hydrogen (secondary N) is 1. The average Bonchev–Trinajstić information content (AvgIpc) is 1.99. The number of nitrogens with two attached hydrogens (primary N) is 1. The molecule has 0 bridgehead atoms. The van der Waals surface area contributed by atoms with E-state index in [1.54, 1.807) is 6.92 Å². The van der Waals surface area contributed by atoms with Gasteiger partial charge in [-0.2, -0.15) is 0 Å². The molecular formula is C9H18N2O3. The second-order valence-electron chi connectivity index (χ2n) is 3.99. The Morgan fingerprint density at radius 2 is 2.00 bits per heavy atom. The Morgan fingerprint density at radius 3 is 2.36 bits per heavy atom. The Hall–Kier alpha value is -1.10. The Labute approximate surface area is 83.7 Å². The Balaban J connectivity index is 4.00. The van der Waals surface area contributed by atoms with Gasteiger partial charge in [0.05, 0.1) is 0 Å². The normalized spacial score (nSPS) is 13.4. The van der Waals surface area contributed by atoms with E-state index in [2.05, 4.69) is 5.32 Å². The van der Waals surface area contributed by atoms with Crippen molar-refractivity contribution in [2.75, 3.05) is 0 Å². The molecule has 82 valence electrons. The van der Waals surface area contributed by atoms with E-state index in [1.165, 1.54) is 13.8 Å². The Morgan fingerprint density at radius 1 is 1.50 bits per heavy atom. The molecule has 4 N–H and O–H groups in total. The number of aliphatic carboxylic acids is 1. The van der Waals surface area contributed by atoms with Gasteiger partial charge in [0.15, 0.2) is 0 Å². The smallest absolute Gasteiger partial charge is 0.328 e. The van der Waals surface area contributed by atoms with Crippen LogP contribution in [0.1, 0.15) is 33.6 Å². The molecule has 0 saturated carbocycles. The van der Waals surface area contributed by atoms with E-state index in [1.807, 2.05) is 0 Å². The molecule has 1 amide bonds. The van der Waals surface area contributed by atoms with Crippen LogP contribution in [0.25, 0.3) is 0 Å². The topological polar surface area (TPSA) is 92.4 Å². The number of rotatable bonds is 5. The maximum atomic E-state index is 11.2. The maximum absolute atomic E-state index is 11.2. The van der Waals surface area contributed by atoms with E-state index in [0.717, 1.165) is 0 Å². The van der Waals surface area contributed by atoms with Gasteiger partial charge in [-0.1, -0.05) is 0 Å². The molecule has 0 aromatic carbocycles. The molecule has 0 aliphatic rings. The zero-order valence-corrected chi connectivity index (χ0v) is 8.83. The van der Waals surface area contributed by atoms with E-state index < -0.39 is 11.5 Å². The molecule has 0 fully saturated rings. The summed E-state index contributed by atoms with van der Waals surface area (Å²) in [4.78, 5) is 21.9. The van der Waals surface area contributed by atoms with Gasteiger partial charge in [0.25, 0.3) is 0 Å². The van der Waals surface area contributed by atoms with Gasteiger partial charge in [-0.3, -0.25) is 4.79 Å². The minimum atomic E-state index is -1.21. The summed E-state index contributed by atoms with van der Waals surface area (Å²) in [5.74, 6) is -1.33. The maximum Gasteiger partial charge on any atom is 0.328 e. The van der Waals surface area contributed by atoms with Crippen molar-refractivity contribution in [1.82, 2.24) is 5.32 Å². The molecule has 1 atom stereocenters. The molecule has 1 unspecified atom stereocenters. The number of amides is 1. The number of hydrogen-bond acceptors (Lipinski definition) is 3. The van der Waals surface area contributed by atoms with E-state index in [0.29, 0.717) is 6.42 Å². The lowest BCUT2D eigenvalue weighted by Gasteiger charge is -2.21. The third-order valence-corrected chi connectivity index (χ3v) is 1.81. The fourth-order valence-corrected chi connectivity index (χ4v) is 0.823. The zero-order chi connectivity index (χ0) is 11.4. The SMILES string of the molecule is CC(N)CCC(=O)NC(C)(C)C(=O)O. The van der Waals surface area contributed by atoms with Gasteiger partial charge in [0.1, 0.15) is 5.54 Å². The Kier molecular flexibility index (Phi) is 4.56. The van der Waals surface area contributed by atoms with Crippen LogP contribution in [-0.2, 0) is 9.59 Å². The summed E-state index contributed by atoms with van der Waals surface area (Å²) < 4.78 is 0. The van der Waals surface area contributed by atoms with E-state index in [4.69, 9.17) is 10.8 Å². The van der Waals surface area contributed by atoms with Crippen molar-refractivity contribution in [3.63, 3.8) is 0 Å². The lowest BCUT2D eigenvalue weighted by molar-refractivity contribution is -0.146. The van der Waals surface area contributed by atoms with E-state index >= 15 is 0 Å². The molecule has 14 heavy (non-hydrogen) atoms. The van der Waals surface area contributed by atoms with Crippen LogP contribution in [0.15, 0.2) is 0 Å². The van der Waals surface area contributed by atoms with Crippen LogP contribution >= 0.6 is 0 Å². The van der Waals surface area contributed by atoms with E-state index in [9.17, 15) is 9.59 Å². The van der Waals surface area contributed by atoms with Crippen LogP contribution < -0.4 is 11.1 Å². The molecule has 0 aromatic heterocycles. The predicted octanol–water partition coefficient (Wildman–Crippen LogP) is 0.0932. The summed E-state index contributed by atoms with van der Waals surface area (Å²) >= 11 is 0. The number of hydrogen-bond donors (Lipinski definition) is 3. The highest BCUT2D eigenvalue weighted by Crippen LogP contribution is 2.03. The molecule has 5 heteroatoms. The van der Waals surface area contributed by atoms with Gasteiger partial charge < -0.3 is 16.2 Å². The van der Waals surface area contributed by atoms with Crippen LogP contribution in [0.5, 0.6) is 0 Å². The number of carboxylic acids is 1. The molecule has 0 radical (unpaired) electrons. The fourth-order valence-electron chi connectivity index (χ4n) is 0.823. The summed E-state index contributed by atoms with van der Waals surface area (Å²) in [6.07, 6.45) is 0.815. The van der Waals surface area contributed by atoms with Crippen LogP contribution in [0.2, 0.25) is 0 Å². The van der Waals surface area contributed by atoms with Gasteiger partial charge in [-0.25, -0.2) is 4.79 Å². The largest absolute Gasteiger partial charge is 0.480 e. The second kappa shape index (κ2) is 4.95. The highest BCUT2D eigenvalue weighted by Gasteiger charge is 2.28. The second-order valence-corrected chi connectivity index (χ2v) is 3.99. The minimum absolute atomic E-state index is 0.0475. The first-order chi connectivity index (χ1) is 6.25. The zero-order valence-electron chi connectivity index (χ0n) is 8.83. The van der Waals surface area contributed by atoms with Crippen LogP contribution in [0, 0.1) is 0 Å². The highest BCUT2D eigenvalue weighted by molar-refractivity contribution is 5.86. The third-order valence-electron chi connectivity index (χ3n) is 1.81. The van der Waals surface area contributed by atoms with Gasteiger partial charge in [0, 0.05) is 12.5 Å². The third kappa shape index (κ3) is 4.81. The Bertz CT molecular complexity index is 224. The molecule has 0 spiro atoms. The number of carbonyl (C=O) groups is 2. The molecule has 0 aromatic rings. The number of carbonyl (C=O) groups excluding carboxylic acids is 1. The van der Waals surface area contributed by atoms with Crippen molar-refractivity contribution in [3.8, 4) is 0 Å². The first-order valence-corrected chi connectivity index (χ1v) is 4.55. The first kappa shape index (κ1) is 12.9. The summed E-state index contributed by atoms with van der Waals surface area (Å²) in [5, 5.41) is 11.1. The van der Waals surface area contributed by atoms with E-state index in [-0.39, 0.29) is 18.4 Å².